The van der Waals surface area contributed by atoms with Gasteiger partial charge in [0.1, 0.15) is 12.1 Å². The van der Waals surface area contributed by atoms with Crippen molar-refractivity contribution in [2.24, 2.45) is 22.7 Å². The Morgan fingerprint density at radius 1 is 1.18 bits per heavy atom. The normalized spacial score (nSPS) is 25.6. The zero-order valence-electron chi connectivity index (χ0n) is 21.9. The molecule has 38 heavy (non-hydrogen) atoms. The Morgan fingerprint density at radius 3 is 2.50 bits per heavy atom. The van der Waals surface area contributed by atoms with Crippen LogP contribution >= 0.6 is 11.6 Å². The number of nitrogens with zero attached hydrogens (tertiary/aromatic N) is 6. The Balaban J connectivity index is 1.45. The van der Waals surface area contributed by atoms with Gasteiger partial charge in [0, 0.05) is 64.5 Å². The maximum absolute atomic E-state index is 13.8. The summed E-state index contributed by atoms with van der Waals surface area (Å²) >= 11 is 6.55. The van der Waals surface area contributed by atoms with Crippen LogP contribution in [0.25, 0.3) is 0 Å². The molecular formula is C24H37ClFN9O3. The molecule has 3 saturated heterocycles. The summed E-state index contributed by atoms with van der Waals surface area (Å²) in [7, 11) is 3.71. The minimum absolute atomic E-state index is 0.0378. The van der Waals surface area contributed by atoms with Crippen LogP contribution in [0, 0.1) is 16.7 Å². The van der Waals surface area contributed by atoms with Crippen molar-refractivity contribution in [2.75, 3.05) is 76.7 Å². The van der Waals surface area contributed by atoms with E-state index in [9.17, 15) is 18.9 Å². The Labute approximate surface area is 227 Å². The van der Waals surface area contributed by atoms with Crippen molar-refractivity contribution < 1.29 is 14.0 Å². The van der Waals surface area contributed by atoms with Crippen molar-refractivity contribution >= 4 is 34.8 Å². The largest absolute Gasteiger partial charge is 0.369 e. The standard InChI is InChI=1S/C24H37ClFN9O3/c1-32-7-9-35(10-8-32)24(37)15-3-5-34(6-4-15)20-17(25)12-28-13-18(20)30-23(36)19(21(27)31-38)22-29-11-16(26)14-33(22)2/h12-13,15-16,19,21-22,29H,3-11,14,27H2,1-2H3,(H,30,36). The summed E-state index contributed by atoms with van der Waals surface area (Å²) in [5.41, 5.74) is 6.90. The van der Waals surface area contributed by atoms with Crippen molar-refractivity contribution in [3.63, 3.8) is 0 Å². The number of carbonyl (C=O) groups is 2. The molecule has 0 bridgehead atoms. The first-order valence-corrected chi connectivity index (χ1v) is 13.4. The summed E-state index contributed by atoms with van der Waals surface area (Å²) in [6.45, 7) is 4.56. The summed E-state index contributed by atoms with van der Waals surface area (Å²) < 4.78 is 13.8. The molecule has 4 N–H and O–H groups in total. The first kappa shape index (κ1) is 28.6. The molecule has 0 saturated carbocycles. The average molecular weight is 554 g/mol. The van der Waals surface area contributed by atoms with Gasteiger partial charge in [-0.1, -0.05) is 16.8 Å². The first-order valence-electron chi connectivity index (χ1n) is 13.0. The summed E-state index contributed by atoms with van der Waals surface area (Å²) in [5, 5.41) is 9.04. The Morgan fingerprint density at radius 2 is 1.87 bits per heavy atom. The molecule has 0 aromatic carbocycles. The van der Waals surface area contributed by atoms with E-state index < -0.39 is 30.3 Å². The van der Waals surface area contributed by atoms with Crippen LogP contribution in [0.15, 0.2) is 17.6 Å². The van der Waals surface area contributed by atoms with E-state index in [0.29, 0.717) is 42.3 Å². The third-order valence-electron chi connectivity index (χ3n) is 7.75. The highest BCUT2D eigenvalue weighted by molar-refractivity contribution is 6.34. The predicted molar refractivity (Wildman–Crippen MR) is 143 cm³/mol. The molecule has 2 amide bonds. The lowest BCUT2D eigenvalue weighted by atomic mass is 9.94. The molecule has 0 radical (unpaired) electrons. The molecule has 210 valence electrons. The zero-order chi connectivity index (χ0) is 27.4. The number of likely N-dealkylation sites (N-methyl/N-ethyl adjacent to an activating group) is 1. The highest BCUT2D eigenvalue weighted by Gasteiger charge is 2.40. The number of alkyl halides is 1. The zero-order valence-corrected chi connectivity index (χ0v) is 22.6. The van der Waals surface area contributed by atoms with Crippen LogP contribution < -0.4 is 21.3 Å². The number of nitrogens with two attached hydrogens (primary N) is 1. The van der Waals surface area contributed by atoms with Gasteiger partial charge in [-0.3, -0.25) is 24.8 Å². The lowest BCUT2D eigenvalue weighted by Gasteiger charge is -2.40. The maximum Gasteiger partial charge on any atom is 0.234 e. The summed E-state index contributed by atoms with van der Waals surface area (Å²) in [4.78, 5) is 49.8. The van der Waals surface area contributed by atoms with Crippen LogP contribution in [0.2, 0.25) is 5.02 Å². The number of aromatic nitrogens is 1. The van der Waals surface area contributed by atoms with Crippen molar-refractivity contribution in [3.05, 3.63) is 22.3 Å². The molecule has 0 aliphatic carbocycles. The molecule has 1 aromatic heterocycles. The number of nitrogens with one attached hydrogen (secondary N) is 2. The molecule has 4 rings (SSSR count). The van der Waals surface area contributed by atoms with Gasteiger partial charge in [-0.05, 0) is 26.9 Å². The number of piperidine rings is 1. The highest BCUT2D eigenvalue weighted by atomic mass is 35.5. The van der Waals surface area contributed by atoms with Gasteiger partial charge in [0.05, 0.1) is 28.8 Å². The van der Waals surface area contributed by atoms with Gasteiger partial charge in [-0.15, -0.1) is 4.91 Å². The highest BCUT2D eigenvalue weighted by Crippen LogP contribution is 2.36. The summed E-state index contributed by atoms with van der Waals surface area (Å²) in [5.74, 6) is -1.49. The monoisotopic (exact) mass is 553 g/mol. The molecule has 4 unspecified atom stereocenters. The molecule has 12 nitrogen and oxygen atoms in total. The number of halogens is 2. The van der Waals surface area contributed by atoms with Gasteiger partial charge in [0.25, 0.3) is 0 Å². The van der Waals surface area contributed by atoms with Gasteiger partial charge in [-0.25, -0.2) is 4.39 Å². The van der Waals surface area contributed by atoms with E-state index >= 15 is 0 Å². The average Bonchev–Trinajstić information content (AvgIpc) is 2.90. The van der Waals surface area contributed by atoms with Crippen LogP contribution in [-0.4, -0.2) is 116 Å². The molecule has 14 heteroatoms. The van der Waals surface area contributed by atoms with E-state index in [0.717, 1.165) is 26.2 Å². The number of hydrogen-bond acceptors (Lipinski definition) is 10. The van der Waals surface area contributed by atoms with Gasteiger partial charge in [-0.2, -0.15) is 0 Å². The molecule has 3 fully saturated rings. The molecular weight excluding hydrogens is 517 g/mol. The number of rotatable bonds is 7. The van der Waals surface area contributed by atoms with E-state index in [1.807, 2.05) is 9.80 Å². The molecule has 0 spiro atoms. The van der Waals surface area contributed by atoms with E-state index in [-0.39, 0.29) is 24.9 Å². The van der Waals surface area contributed by atoms with E-state index in [2.05, 4.69) is 32.7 Å². The van der Waals surface area contributed by atoms with Crippen LogP contribution in [0.3, 0.4) is 0 Å². The van der Waals surface area contributed by atoms with E-state index in [1.54, 1.807) is 11.9 Å². The number of amides is 2. The molecule has 3 aliphatic heterocycles. The van der Waals surface area contributed by atoms with E-state index in [1.165, 1.54) is 12.4 Å². The fourth-order valence-electron chi connectivity index (χ4n) is 5.54. The first-order chi connectivity index (χ1) is 18.2. The van der Waals surface area contributed by atoms with Gasteiger partial charge in [0.2, 0.25) is 11.8 Å². The molecule has 3 aliphatic rings. The Kier molecular flexibility index (Phi) is 9.47. The van der Waals surface area contributed by atoms with Crippen LogP contribution in [0.5, 0.6) is 0 Å². The van der Waals surface area contributed by atoms with Crippen LogP contribution in [-0.2, 0) is 9.59 Å². The lowest BCUT2D eigenvalue weighted by molar-refractivity contribution is -0.137. The quantitative estimate of drug-likeness (QED) is 0.412. The van der Waals surface area contributed by atoms with Crippen molar-refractivity contribution in [1.29, 1.82) is 0 Å². The minimum atomic E-state index is -1.35. The molecule has 1 aromatic rings. The smallest absolute Gasteiger partial charge is 0.234 e. The Hall–Kier alpha value is -2.45. The van der Waals surface area contributed by atoms with E-state index in [4.69, 9.17) is 17.3 Å². The number of hydrogen-bond donors (Lipinski definition) is 3. The lowest BCUT2D eigenvalue weighted by Crippen LogP contribution is -2.62. The molecule has 4 heterocycles. The number of piperazine rings is 1. The van der Waals surface area contributed by atoms with Crippen molar-refractivity contribution in [2.45, 2.75) is 31.3 Å². The number of nitroso groups, excluding NO2 is 1. The second-order valence-electron chi connectivity index (χ2n) is 10.4. The third kappa shape index (κ3) is 6.40. The van der Waals surface area contributed by atoms with Gasteiger partial charge < -0.3 is 25.8 Å². The van der Waals surface area contributed by atoms with Crippen LogP contribution in [0.4, 0.5) is 15.8 Å². The maximum atomic E-state index is 13.8. The van der Waals surface area contributed by atoms with Crippen LogP contribution in [0.1, 0.15) is 12.8 Å². The van der Waals surface area contributed by atoms with Gasteiger partial charge in [0.15, 0.2) is 6.17 Å². The van der Waals surface area contributed by atoms with Crippen molar-refractivity contribution in [3.8, 4) is 0 Å². The minimum Gasteiger partial charge on any atom is -0.369 e. The predicted octanol–water partition coefficient (Wildman–Crippen LogP) is 0.531. The van der Waals surface area contributed by atoms with Gasteiger partial charge >= 0.3 is 0 Å². The second-order valence-corrected chi connectivity index (χ2v) is 10.8. The topological polar surface area (TPSA) is 140 Å². The number of pyridine rings is 1. The summed E-state index contributed by atoms with van der Waals surface area (Å²) in [6, 6.07) is 0. The third-order valence-corrected chi connectivity index (χ3v) is 8.02. The Bertz CT molecular complexity index is 1000. The SMILES string of the molecule is CN1CCN(C(=O)C2CCN(c3c(Cl)cncc3NC(=O)C(C(N)N=O)C3NCC(F)CN3C)CC2)CC1. The van der Waals surface area contributed by atoms with Crippen molar-refractivity contribution in [1.82, 2.24) is 25.0 Å². The fraction of sp³-hybridized carbons (Fsp3) is 0.708. The molecule has 4 atom stereocenters. The number of carbonyl (C=O) groups excluding carboxylic acids is 2. The summed E-state index contributed by atoms with van der Waals surface area (Å²) in [6.07, 6.45) is 1.20. The number of anilines is 2. The second kappa shape index (κ2) is 12.6. The fourth-order valence-corrected chi connectivity index (χ4v) is 5.82.